The highest BCUT2D eigenvalue weighted by molar-refractivity contribution is 5.39. The second-order valence-electron chi connectivity index (χ2n) is 5.49. The molecule has 0 atom stereocenters. The van der Waals surface area contributed by atoms with Gasteiger partial charge in [0.05, 0.1) is 6.20 Å². The summed E-state index contributed by atoms with van der Waals surface area (Å²) >= 11 is 0. The minimum atomic E-state index is 0.692. The zero-order valence-electron chi connectivity index (χ0n) is 12.0. The van der Waals surface area contributed by atoms with Crippen LogP contribution in [-0.2, 0) is 6.54 Å². The molecule has 3 heteroatoms. The Bertz CT molecular complexity index is 606. The zero-order valence-corrected chi connectivity index (χ0v) is 12.0. The fourth-order valence-electron chi connectivity index (χ4n) is 2.09. The molecule has 1 aromatic heterocycles. The average Bonchev–Trinajstić information content (AvgIpc) is 3.26. The van der Waals surface area contributed by atoms with Gasteiger partial charge in [-0.05, 0) is 56.0 Å². The maximum atomic E-state index is 6.00. The summed E-state index contributed by atoms with van der Waals surface area (Å²) in [6.07, 6.45) is 6.19. The van der Waals surface area contributed by atoms with Crippen molar-refractivity contribution in [1.82, 2.24) is 10.3 Å². The Labute approximate surface area is 120 Å². The first kappa shape index (κ1) is 13.1. The molecule has 20 heavy (non-hydrogen) atoms. The molecule has 1 fully saturated rings. The number of benzene rings is 1. The lowest BCUT2D eigenvalue weighted by atomic mass is 10.1. The van der Waals surface area contributed by atoms with Crippen molar-refractivity contribution in [2.75, 3.05) is 0 Å². The standard InChI is InChI=1S/C17H20N2O/c1-12-3-6-16(9-13(12)2)20-17-11-18-8-7-14(17)10-19-15-4-5-15/h3,6-9,11,15,19H,4-5,10H2,1-2H3. The molecule has 3 nitrogen and oxygen atoms in total. The van der Waals surface area contributed by atoms with Crippen LogP contribution < -0.4 is 10.1 Å². The quantitative estimate of drug-likeness (QED) is 0.897. The van der Waals surface area contributed by atoms with Gasteiger partial charge in [0, 0.05) is 24.3 Å². The molecule has 2 aromatic rings. The van der Waals surface area contributed by atoms with Crippen molar-refractivity contribution in [2.45, 2.75) is 39.3 Å². The molecular formula is C17H20N2O. The molecule has 0 aliphatic heterocycles. The second-order valence-corrected chi connectivity index (χ2v) is 5.49. The summed E-state index contributed by atoms with van der Waals surface area (Å²) in [5.41, 5.74) is 3.67. The summed E-state index contributed by atoms with van der Waals surface area (Å²) in [6, 6.07) is 8.88. The van der Waals surface area contributed by atoms with Gasteiger partial charge in [0.15, 0.2) is 0 Å². The van der Waals surface area contributed by atoms with E-state index in [-0.39, 0.29) is 0 Å². The Morgan fingerprint density at radius 3 is 2.80 bits per heavy atom. The number of hydrogen-bond donors (Lipinski definition) is 1. The van der Waals surface area contributed by atoms with E-state index in [2.05, 4.69) is 36.3 Å². The van der Waals surface area contributed by atoms with Crippen LogP contribution in [0.15, 0.2) is 36.7 Å². The molecule has 1 aromatic carbocycles. The summed E-state index contributed by atoms with van der Waals surface area (Å²) in [7, 11) is 0. The molecule has 1 aliphatic rings. The van der Waals surface area contributed by atoms with Crippen LogP contribution in [0, 0.1) is 13.8 Å². The van der Waals surface area contributed by atoms with Gasteiger partial charge in [-0.2, -0.15) is 0 Å². The van der Waals surface area contributed by atoms with E-state index in [1.165, 1.54) is 24.0 Å². The molecule has 0 spiro atoms. The molecule has 1 aliphatic carbocycles. The monoisotopic (exact) mass is 268 g/mol. The fraction of sp³-hybridized carbons (Fsp3) is 0.353. The van der Waals surface area contributed by atoms with Gasteiger partial charge in [-0.15, -0.1) is 0 Å². The third-order valence-electron chi connectivity index (χ3n) is 3.73. The van der Waals surface area contributed by atoms with Gasteiger partial charge in [0.25, 0.3) is 0 Å². The van der Waals surface area contributed by atoms with Crippen LogP contribution in [0.4, 0.5) is 0 Å². The Morgan fingerprint density at radius 1 is 1.20 bits per heavy atom. The Morgan fingerprint density at radius 2 is 2.05 bits per heavy atom. The number of nitrogens with one attached hydrogen (secondary N) is 1. The molecule has 1 heterocycles. The van der Waals surface area contributed by atoms with E-state index in [1.807, 2.05) is 18.3 Å². The summed E-state index contributed by atoms with van der Waals surface area (Å²) in [5, 5.41) is 3.51. The number of aromatic nitrogens is 1. The maximum absolute atomic E-state index is 6.00. The van der Waals surface area contributed by atoms with Crippen LogP contribution in [0.3, 0.4) is 0 Å². The van der Waals surface area contributed by atoms with E-state index in [9.17, 15) is 0 Å². The minimum absolute atomic E-state index is 0.692. The van der Waals surface area contributed by atoms with Crippen molar-refractivity contribution in [1.29, 1.82) is 0 Å². The first-order chi connectivity index (χ1) is 9.72. The van der Waals surface area contributed by atoms with Crippen molar-refractivity contribution < 1.29 is 4.74 Å². The van der Waals surface area contributed by atoms with Crippen molar-refractivity contribution in [3.63, 3.8) is 0 Å². The lowest BCUT2D eigenvalue weighted by Crippen LogP contribution is -2.15. The predicted molar refractivity (Wildman–Crippen MR) is 80.1 cm³/mol. The van der Waals surface area contributed by atoms with Gasteiger partial charge in [0.2, 0.25) is 0 Å². The van der Waals surface area contributed by atoms with Crippen LogP contribution in [0.25, 0.3) is 0 Å². The van der Waals surface area contributed by atoms with E-state index in [0.717, 1.165) is 23.6 Å². The van der Waals surface area contributed by atoms with Crippen molar-refractivity contribution in [3.8, 4) is 11.5 Å². The predicted octanol–water partition coefficient (Wildman–Crippen LogP) is 3.74. The van der Waals surface area contributed by atoms with Gasteiger partial charge < -0.3 is 10.1 Å². The summed E-state index contributed by atoms with van der Waals surface area (Å²) in [4.78, 5) is 4.17. The van der Waals surface area contributed by atoms with E-state index in [4.69, 9.17) is 4.74 Å². The van der Waals surface area contributed by atoms with Crippen molar-refractivity contribution in [3.05, 3.63) is 53.3 Å². The largest absolute Gasteiger partial charge is 0.455 e. The second kappa shape index (κ2) is 5.63. The number of nitrogens with zero attached hydrogens (tertiary/aromatic N) is 1. The summed E-state index contributed by atoms with van der Waals surface area (Å²) in [6.45, 7) is 5.04. The minimum Gasteiger partial charge on any atom is -0.455 e. The molecule has 1 N–H and O–H groups in total. The molecule has 3 rings (SSSR count). The number of pyridine rings is 1. The fourth-order valence-corrected chi connectivity index (χ4v) is 2.09. The average molecular weight is 268 g/mol. The number of rotatable bonds is 5. The van der Waals surface area contributed by atoms with Gasteiger partial charge in [0.1, 0.15) is 11.5 Å². The highest BCUT2D eigenvalue weighted by Gasteiger charge is 2.20. The Balaban J connectivity index is 1.76. The molecule has 104 valence electrons. The molecule has 0 radical (unpaired) electrons. The SMILES string of the molecule is Cc1ccc(Oc2cnccc2CNC2CC2)cc1C. The molecule has 1 saturated carbocycles. The van der Waals surface area contributed by atoms with E-state index < -0.39 is 0 Å². The maximum Gasteiger partial charge on any atom is 0.150 e. The third-order valence-corrected chi connectivity index (χ3v) is 3.73. The van der Waals surface area contributed by atoms with Crippen molar-refractivity contribution in [2.24, 2.45) is 0 Å². The van der Waals surface area contributed by atoms with Crippen LogP contribution in [0.5, 0.6) is 11.5 Å². The van der Waals surface area contributed by atoms with E-state index >= 15 is 0 Å². The molecule has 0 bridgehead atoms. The molecule has 0 unspecified atom stereocenters. The van der Waals surface area contributed by atoms with Gasteiger partial charge >= 0.3 is 0 Å². The van der Waals surface area contributed by atoms with E-state index in [1.54, 1.807) is 6.20 Å². The van der Waals surface area contributed by atoms with Gasteiger partial charge in [-0.1, -0.05) is 6.07 Å². The van der Waals surface area contributed by atoms with Crippen LogP contribution >= 0.6 is 0 Å². The smallest absolute Gasteiger partial charge is 0.150 e. The Hall–Kier alpha value is -1.87. The van der Waals surface area contributed by atoms with Crippen LogP contribution in [-0.4, -0.2) is 11.0 Å². The highest BCUT2D eigenvalue weighted by Crippen LogP contribution is 2.27. The first-order valence-electron chi connectivity index (χ1n) is 7.14. The van der Waals surface area contributed by atoms with Crippen LogP contribution in [0.2, 0.25) is 0 Å². The first-order valence-corrected chi connectivity index (χ1v) is 7.14. The number of hydrogen-bond acceptors (Lipinski definition) is 3. The summed E-state index contributed by atoms with van der Waals surface area (Å²) in [5.74, 6) is 1.71. The normalized spacial score (nSPS) is 14.3. The highest BCUT2D eigenvalue weighted by atomic mass is 16.5. The lowest BCUT2D eigenvalue weighted by molar-refractivity contribution is 0.469. The number of aryl methyl sites for hydroxylation is 2. The third kappa shape index (κ3) is 3.17. The Kier molecular flexibility index (Phi) is 3.70. The van der Waals surface area contributed by atoms with Crippen molar-refractivity contribution >= 4 is 0 Å². The molecule has 0 saturated heterocycles. The zero-order chi connectivity index (χ0) is 13.9. The van der Waals surface area contributed by atoms with E-state index in [0.29, 0.717) is 6.04 Å². The molecular weight excluding hydrogens is 248 g/mol. The van der Waals surface area contributed by atoms with Crippen LogP contribution in [0.1, 0.15) is 29.5 Å². The van der Waals surface area contributed by atoms with Gasteiger partial charge in [-0.3, -0.25) is 4.98 Å². The van der Waals surface area contributed by atoms with Gasteiger partial charge in [-0.25, -0.2) is 0 Å². The topological polar surface area (TPSA) is 34.1 Å². The summed E-state index contributed by atoms with van der Waals surface area (Å²) < 4.78 is 6.00. The molecule has 0 amide bonds. The lowest BCUT2D eigenvalue weighted by Gasteiger charge is -2.12. The number of ether oxygens (including phenoxy) is 1.